The van der Waals surface area contributed by atoms with Crippen LogP contribution in [0.1, 0.15) is 11.1 Å². The molecule has 0 bridgehead atoms. The number of nitrogens with two attached hydrogens (primary N) is 1. The maximum atomic E-state index is 12.3. The van der Waals surface area contributed by atoms with E-state index in [9.17, 15) is 13.2 Å². The van der Waals surface area contributed by atoms with Crippen molar-refractivity contribution in [2.45, 2.75) is 11.8 Å². The second-order valence-corrected chi connectivity index (χ2v) is 6.42. The van der Waals surface area contributed by atoms with Crippen LogP contribution in [-0.2, 0) is 5.41 Å². The van der Waals surface area contributed by atoms with Crippen molar-refractivity contribution in [1.29, 1.82) is 0 Å². The van der Waals surface area contributed by atoms with Crippen LogP contribution in [0, 0.1) is 0 Å². The summed E-state index contributed by atoms with van der Waals surface area (Å²) in [5.74, 6) is 0.282. The van der Waals surface area contributed by atoms with Crippen molar-refractivity contribution in [3.8, 4) is 5.75 Å². The van der Waals surface area contributed by atoms with Gasteiger partial charge in [0.1, 0.15) is 5.75 Å². The van der Waals surface area contributed by atoms with Gasteiger partial charge in [0.05, 0.1) is 11.2 Å². The van der Waals surface area contributed by atoms with Crippen molar-refractivity contribution < 1.29 is 17.9 Å². The molecule has 1 aliphatic rings. The minimum Gasteiger partial charge on any atom is -0.406 e. The van der Waals surface area contributed by atoms with Gasteiger partial charge in [0.15, 0.2) is 0 Å². The standard InChI is InChI=1S/C17H14BrF3N2O/c18-13-3-1-2-12(8-13)16(9-15(22)23-10-16)11-4-6-14(7-5-11)24-17(19,20)21/h1-9,23H,10,22H2. The number of rotatable bonds is 3. The van der Waals surface area contributed by atoms with E-state index in [4.69, 9.17) is 5.73 Å². The summed E-state index contributed by atoms with van der Waals surface area (Å²) in [7, 11) is 0. The van der Waals surface area contributed by atoms with Crippen LogP contribution in [0.2, 0.25) is 0 Å². The van der Waals surface area contributed by atoms with E-state index in [1.54, 1.807) is 12.1 Å². The first-order valence-electron chi connectivity index (χ1n) is 7.13. The molecule has 0 radical (unpaired) electrons. The van der Waals surface area contributed by atoms with Crippen LogP contribution in [0.25, 0.3) is 0 Å². The van der Waals surface area contributed by atoms with Crippen molar-refractivity contribution in [2.24, 2.45) is 5.73 Å². The van der Waals surface area contributed by atoms with Crippen LogP contribution in [0.5, 0.6) is 5.75 Å². The zero-order valence-corrected chi connectivity index (χ0v) is 14.0. The molecule has 3 rings (SSSR count). The van der Waals surface area contributed by atoms with Crippen LogP contribution in [0.4, 0.5) is 13.2 Å². The van der Waals surface area contributed by atoms with Gasteiger partial charge in [-0.3, -0.25) is 0 Å². The molecule has 0 amide bonds. The Balaban J connectivity index is 2.02. The minimum atomic E-state index is -4.71. The predicted octanol–water partition coefficient (Wildman–Crippen LogP) is 4.04. The topological polar surface area (TPSA) is 47.3 Å². The predicted molar refractivity (Wildman–Crippen MR) is 88.3 cm³/mol. The molecule has 0 aliphatic carbocycles. The van der Waals surface area contributed by atoms with E-state index in [-0.39, 0.29) is 5.75 Å². The first-order chi connectivity index (χ1) is 11.3. The highest BCUT2D eigenvalue weighted by Gasteiger charge is 2.37. The summed E-state index contributed by atoms with van der Waals surface area (Å²) < 4.78 is 41.8. The van der Waals surface area contributed by atoms with Crippen molar-refractivity contribution >= 4 is 15.9 Å². The second kappa shape index (κ2) is 6.05. The Kier molecular flexibility index (Phi) is 4.21. The SMILES string of the molecule is NC1=CC(c2ccc(OC(F)(F)F)cc2)(c2cccc(Br)c2)CN1. The van der Waals surface area contributed by atoms with Gasteiger partial charge in [-0.05, 0) is 41.5 Å². The second-order valence-electron chi connectivity index (χ2n) is 5.51. The van der Waals surface area contributed by atoms with E-state index < -0.39 is 11.8 Å². The molecule has 0 fully saturated rings. The Morgan fingerprint density at radius 2 is 1.79 bits per heavy atom. The van der Waals surface area contributed by atoms with E-state index in [0.717, 1.165) is 15.6 Å². The highest BCUT2D eigenvalue weighted by Crippen LogP contribution is 2.38. The molecule has 126 valence electrons. The molecule has 3 N–H and O–H groups in total. The smallest absolute Gasteiger partial charge is 0.406 e. The van der Waals surface area contributed by atoms with Crippen molar-refractivity contribution in [3.63, 3.8) is 0 Å². The average Bonchev–Trinajstić information content (AvgIpc) is 2.90. The fraction of sp³-hybridized carbons (Fsp3) is 0.176. The molecule has 0 spiro atoms. The summed E-state index contributed by atoms with van der Waals surface area (Å²) in [6.45, 7) is 0.523. The molecule has 3 nitrogen and oxygen atoms in total. The quantitative estimate of drug-likeness (QED) is 0.819. The normalized spacial score (nSPS) is 20.4. The van der Waals surface area contributed by atoms with Gasteiger partial charge in [0, 0.05) is 11.0 Å². The van der Waals surface area contributed by atoms with E-state index in [2.05, 4.69) is 26.0 Å². The molecular formula is C17H14BrF3N2O. The first-order valence-corrected chi connectivity index (χ1v) is 7.92. The Bertz CT molecular complexity index is 774. The van der Waals surface area contributed by atoms with E-state index in [0.29, 0.717) is 12.4 Å². The third kappa shape index (κ3) is 3.36. The van der Waals surface area contributed by atoms with E-state index in [1.165, 1.54) is 12.1 Å². The molecule has 0 aromatic heterocycles. The number of nitrogens with one attached hydrogen (secondary N) is 1. The Labute approximate surface area is 145 Å². The summed E-state index contributed by atoms with van der Waals surface area (Å²) in [6, 6.07) is 13.6. The summed E-state index contributed by atoms with van der Waals surface area (Å²) in [6.07, 6.45) is -2.82. The number of hydrogen-bond donors (Lipinski definition) is 2. The number of alkyl halides is 3. The zero-order valence-electron chi connectivity index (χ0n) is 12.4. The van der Waals surface area contributed by atoms with Gasteiger partial charge >= 0.3 is 6.36 Å². The average molecular weight is 399 g/mol. The Morgan fingerprint density at radius 1 is 1.08 bits per heavy atom. The third-order valence-corrected chi connectivity index (χ3v) is 4.41. The fourth-order valence-electron chi connectivity index (χ4n) is 2.87. The van der Waals surface area contributed by atoms with Gasteiger partial charge in [-0.1, -0.05) is 40.2 Å². The van der Waals surface area contributed by atoms with E-state index in [1.807, 2.05) is 30.3 Å². The third-order valence-electron chi connectivity index (χ3n) is 3.92. The van der Waals surface area contributed by atoms with Gasteiger partial charge in [-0.15, -0.1) is 13.2 Å². The van der Waals surface area contributed by atoms with Crippen molar-refractivity contribution in [1.82, 2.24) is 5.32 Å². The monoisotopic (exact) mass is 398 g/mol. The molecule has 1 unspecified atom stereocenters. The molecule has 0 saturated heterocycles. The van der Waals surface area contributed by atoms with E-state index >= 15 is 0 Å². The lowest BCUT2D eigenvalue weighted by molar-refractivity contribution is -0.274. The van der Waals surface area contributed by atoms with Gasteiger partial charge in [0.25, 0.3) is 0 Å². The Morgan fingerprint density at radius 3 is 2.33 bits per heavy atom. The van der Waals surface area contributed by atoms with Crippen molar-refractivity contribution in [2.75, 3.05) is 6.54 Å². The fourth-order valence-corrected chi connectivity index (χ4v) is 3.27. The lowest BCUT2D eigenvalue weighted by atomic mass is 9.75. The minimum absolute atomic E-state index is 0.251. The summed E-state index contributed by atoms with van der Waals surface area (Å²) >= 11 is 3.45. The molecule has 24 heavy (non-hydrogen) atoms. The molecule has 0 saturated carbocycles. The molecule has 7 heteroatoms. The highest BCUT2D eigenvalue weighted by molar-refractivity contribution is 9.10. The maximum Gasteiger partial charge on any atom is 0.573 e. The van der Waals surface area contributed by atoms with Crippen LogP contribution >= 0.6 is 15.9 Å². The molecule has 2 aromatic carbocycles. The number of ether oxygens (including phenoxy) is 1. The first kappa shape index (κ1) is 16.7. The lowest BCUT2D eigenvalue weighted by Crippen LogP contribution is -2.31. The van der Waals surface area contributed by atoms with Crippen LogP contribution in [0.15, 0.2) is 64.9 Å². The molecular weight excluding hydrogens is 385 g/mol. The van der Waals surface area contributed by atoms with Gasteiger partial charge < -0.3 is 15.8 Å². The summed E-state index contributed by atoms with van der Waals surface area (Å²) in [4.78, 5) is 0. The number of hydrogen-bond acceptors (Lipinski definition) is 3. The maximum absolute atomic E-state index is 12.3. The van der Waals surface area contributed by atoms with Crippen LogP contribution in [-0.4, -0.2) is 12.9 Å². The van der Waals surface area contributed by atoms with Crippen LogP contribution < -0.4 is 15.8 Å². The lowest BCUT2D eigenvalue weighted by Gasteiger charge is -2.28. The molecule has 1 atom stereocenters. The molecule has 1 aliphatic heterocycles. The largest absolute Gasteiger partial charge is 0.573 e. The zero-order chi connectivity index (χ0) is 17.4. The van der Waals surface area contributed by atoms with Crippen LogP contribution in [0.3, 0.4) is 0 Å². The highest BCUT2D eigenvalue weighted by atomic mass is 79.9. The molecule has 1 heterocycles. The van der Waals surface area contributed by atoms with Gasteiger partial charge in [-0.25, -0.2) is 0 Å². The summed E-state index contributed by atoms with van der Waals surface area (Å²) in [5.41, 5.74) is 7.15. The van der Waals surface area contributed by atoms with Gasteiger partial charge in [-0.2, -0.15) is 0 Å². The Hall–Kier alpha value is -2.15. The summed E-state index contributed by atoms with van der Waals surface area (Å²) in [5, 5.41) is 3.09. The van der Waals surface area contributed by atoms with Crippen molar-refractivity contribution in [3.05, 3.63) is 76.0 Å². The number of halogens is 4. The number of benzene rings is 2. The molecule has 2 aromatic rings. The van der Waals surface area contributed by atoms with Gasteiger partial charge in [0.2, 0.25) is 0 Å².